The fraction of sp³-hybridized carbons (Fsp3) is 0.429. The van der Waals surface area contributed by atoms with Gasteiger partial charge in [0.1, 0.15) is 0 Å². The summed E-state index contributed by atoms with van der Waals surface area (Å²) < 4.78 is 10.7. The fourth-order valence-electron chi connectivity index (χ4n) is 2.31. The van der Waals surface area contributed by atoms with Gasteiger partial charge in [0.05, 0.1) is 13.0 Å². The van der Waals surface area contributed by atoms with Crippen molar-refractivity contribution in [2.45, 2.75) is 25.2 Å². The molecule has 3 rings (SSSR count). The van der Waals surface area contributed by atoms with Crippen LogP contribution in [0.3, 0.4) is 0 Å². The third-order valence-electron chi connectivity index (χ3n) is 3.41. The van der Waals surface area contributed by atoms with Crippen LogP contribution in [-0.2, 0) is 11.2 Å². The highest BCUT2D eigenvalue weighted by Crippen LogP contribution is 2.23. The average molecular weight is 259 g/mol. The Morgan fingerprint density at radius 2 is 2.21 bits per heavy atom. The molecule has 0 amide bonds. The van der Waals surface area contributed by atoms with Crippen LogP contribution in [0.5, 0.6) is 0 Å². The van der Waals surface area contributed by atoms with E-state index in [4.69, 9.17) is 15.0 Å². The van der Waals surface area contributed by atoms with E-state index in [0.29, 0.717) is 18.9 Å². The molecule has 1 aromatic heterocycles. The number of rotatable bonds is 3. The van der Waals surface area contributed by atoms with E-state index in [-0.39, 0.29) is 5.92 Å². The molecule has 1 aliphatic heterocycles. The molecule has 2 heterocycles. The number of nitrogens with zero attached hydrogens (tertiary/aromatic N) is 2. The van der Waals surface area contributed by atoms with Crippen molar-refractivity contribution < 1.29 is 9.26 Å². The van der Waals surface area contributed by atoms with Gasteiger partial charge in [0.2, 0.25) is 5.89 Å². The first-order valence-corrected chi connectivity index (χ1v) is 6.56. The Morgan fingerprint density at radius 1 is 1.32 bits per heavy atom. The van der Waals surface area contributed by atoms with Crippen molar-refractivity contribution in [3.05, 3.63) is 41.5 Å². The Hall–Kier alpha value is -1.88. The maximum atomic E-state index is 5.91. The van der Waals surface area contributed by atoms with E-state index in [0.717, 1.165) is 36.5 Å². The Labute approximate surface area is 111 Å². The highest BCUT2D eigenvalue weighted by Gasteiger charge is 2.21. The second-order valence-electron chi connectivity index (χ2n) is 4.84. The molecule has 1 aliphatic rings. The Bertz CT molecular complexity index is 547. The molecular formula is C14H17N3O2. The average Bonchev–Trinajstić information content (AvgIpc) is 2.91. The summed E-state index contributed by atoms with van der Waals surface area (Å²) in [7, 11) is 0. The molecule has 19 heavy (non-hydrogen) atoms. The maximum absolute atomic E-state index is 5.91. The lowest BCUT2D eigenvalue weighted by molar-refractivity contribution is 0.0773. The molecule has 2 aromatic rings. The monoisotopic (exact) mass is 259 g/mol. The number of nitrogen functional groups attached to an aromatic ring is 1. The Morgan fingerprint density at radius 3 is 3.00 bits per heavy atom. The molecule has 0 aliphatic carbocycles. The van der Waals surface area contributed by atoms with Gasteiger partial charge in [-0.05, 0) is 24.5 Å². The van der Waals surface area contributed by atoms with Crippen molar-refractivity contribution in [3.63, 3.8) is 0 Å². The molecule has 0 radical (unpaired) electrons. The van der Waals surface area contributed by atoms with Gasteiger partial charge in [-0.3, -0.25) is 0 Å². The van der Waals surface area contributed by atoms with Gasteiger partial charge in [-0.25, -0.2) is 0 Å². The lowest BCUT2D eigenvalue weighted by Crippen LogP contribution is -2.16. The number of benzene rings is 1. The SMILES string of the molecule is Nc1ccccc1Cc1nc(C2CCCOC2)no1. The minimum Gasteiger partial charge on any atom is -0.398 e. The first kappa shape index (κ1) is 12.2. The first-order chi connectivity index (χ1) is 9.33. The molecule has 1 unspecified atom stereocenters. The van der Waals surface area contributed by atoms with Crippen molar-refractivity contribution in [2.24, 2.45) is 0 Å². The quantitative estimate of drug-likeness (QED) is 0.855. The lowest BCUT2D eigenvalue weighted by Gasteiger charge is -2.18. The van der Waals surface area contributed by atoms with E-state index in [1.165, 1.54) is 0 Å². The van der Waals surface area contributed by atoms with E-state index in [1.54, 1.807) is 0 Å². The first-order valence-electron chi connectivity index (χ1n) is 6.56. The summed E-state index contributed by atoms with van der Waals surface area (Å²) in [4.78, 5) is 4.46. The Balaban J connectivity index is 1.73. The number of hydrogen-bond acceptors (Lipinski definition) is 5. The van der Waals surface area contributed by atoms with Crippen LogP contribution < -0.4 is 5.73 Å². The van der Waals surface area contributed by atoms with Crippen LogP contribution in [0.2, 0.25) is 0 Å². The molecule has 0 spiro atoms. The number of anilines is 1. The van der Waals surface area contributed by atoms with Crippen molar-refractivity contribution in [3.8, 4) is 0 Å². The topological polar surface area (TPSA) is 74.2 Å². The number of hydrogen-bond donors (Lipinski definition) is 1. The van der Waals surface area contributed by atoms with Gasteiger partial charge in [-0.15, -0.1) is 0 Å². The van der Waals surface area contributed by atoms with Crippen LogP contribution in [-0.4, -0.2) is 23.4 Å². The van der Waals surface area contributed by atoms with Crippen LogP contribution in [0.4, 0.5) is 5.69 Å². The summed E-state index contributed by atoms with van der Waals surface area (Å²) in [5.74, 6) is 1.63. The van der Waals surface area contributed by atoms with Crippen molar-refractivity contribution >= 4 is 5.69 Å². The summed E-state index contributed by atoms with van der Waals surface area (Å²) >= 11 is 0. The van der Waals surface area contributed by atoms with E-state index < -0.39 is 0 Å². The zero-order valence-corrected chi connectivity index (χ0v) is 10.7. The highest BCUT2D eigenvalue weighted by molar-refractivity contribution is 5.47. The third-order valence-corrected chi connectivity index (χ3v) is 3.41. The predicted octanol–water partition coefficient (Wildman–Crippen LogP) is 2.14. The van der Waals surface area contributed by atoms with Crippen LogP contribution in [0, 0.1) is 0 Å². The molecule has 5 nitrogen and oxygen atoms in total. The highest BCUT2D eigenvalue weighted by atomic mass is 16.5. The zero-order valence-electron chi connectivity index (χ0n) is 10.7. The molecule has 0 bridgehead atoms. The smallest absolute Gasteiger partial charge is 0.231 e. The maximum Gasteiger partial charge on any atom is 0.231 e. The summed E-state index contributed by atoms with van der Waals surface area (Å²) in [5.41, 5.74) is 7.67. The fourth-order valence-corrected chi connectivity index (χ4v) is 2.31. The number of ether oxygens (including phenoxy) is 1. The normalized spacial score (nSPS) is 19.5. The van der Waals surface area contributed by atoms with E-state index in [9.17, 15) is 0 Å². The molecule has 0 saturated carbocycles. The van der Waals surface area contributed by atoms with E-state index in [2.05, 4.69) is 10.1 Å². The van der Waals surface area contributed by atoms with Crippen LogP contribution >= 0.6 is 0 Å². The molecule has 100 valence electrons. The minimum atomic E-state index is 0.263. The summed E-state index contributed by atoms with van der Waals surface area (Å²) in [6.07, 6.45) is 2.69. The van der Waals surface area contributed by atoms with Gasteiger partial charge >= 0.3 is 0 Å². The summed E-state index contributed by atoms with van der Waals surface area (Å²) in [5, 5.41) is 4.06. The Kier molecular flexibility index (Phi) is 3.46. The van der Waals surface area contributed by atoms with E-state index in [1.807, 2.05) is 24.3 Å². The summed E-state index contributed by atoms with van der Waals surface area (Å²) in [6.45, 7) is 1.52. The molecule has 1 fully saturated rings. The molecule has 2 N–H and O–H groups in total. The van der Waals surface area contributed by atoms with Gasteiger partial charge in [0, 0.05) is 18.2 Å². The zero-order chi connectivity index (χ0) is 13.1. The second kappa shape index (κ2) is 5.40. The van der Waals surface area contributed by atoms with Crippen LogP contribution in [0.15, 0.2) is 28.8 Å². The number of nitrogens with two attached hydrogens (primary N) is 1. The number of aromatic nitrogens is 2. The van der Waals surface area contributed by atoms with Gasteiger partial charge in [-0.2, -0.15) is 4.98 Å². The van der Waals surface area contributed by atoms with E-state index >= 15 is 0 Å². The number of para-hydroxylation sites is 1. The lowest BCUT2D eigenvalue weighted by atomic mass is 10.0. The van der Waals surface area contributed by atoms with Crippen LogP contribution in [0.25, 0.3) is 0 Å². The standard InChI is InChI=1S/C14H17N3O2/c15-12-6-2-1-4-10(12)8-13-16-14(17-19-13)11-5-3-7-18-9-11/h1-2,4,6,11H,3,5,7-9,15H2. The minimum absolute atomic E-state index is 0.263. The van der Waals surface area contributed by atoms with Crippen molar-refractivity contribution in [1.29, 1.82) is 0 Å². The molecular weight excluding hydrogens is 242 g/mol. The van der Waals surface area contributed by atoms with Gasteiger partial charge in [0.25, 0.3) is 0 Å². The molecule has 1 aromatic carbocycles. The third kappa shape index (κ3) is 2.76. The van der Waals surface area contributed by atoms with Crippen LogP contribution in [0.1, 0.15) is 36.0 Å². The molecule has 5 heteroatoms. The van der Waals surface area contributed by atoms with Crippen molar-refractivity contribution in [2.75, 3.05) is 18.9 Å². The summed E-state index contributed by atoms with van der Waals surface area (Å²) in [6, 6.07) is 7.72. The van der Waals surface area contributed by atoms with Gasteiger partial charge in [-0.1, -0.05) is 23.4 Å². The van der Waals surface area contributed by atoms with Gasteiger partial charge < -0.3 is 15.0 Å². The van der Waals surface area contributed by atoms with Crippen molar-refractivity contribution in [1.82, 2.24) is 10.1 Å². The molecule has 1 saturated heterocycles. The largest absolute Gasteiger partial charge is 0.398 e. The predicted molar refractivity (Wildman–Crippen MR) is 70.8 cm³/mol. The van der Waals surface area contributed by atoms with Gasteiger partial charge in [0.15, 0.2) is 5.82 Å². The molecule has 1 atom stereocenters. The second-order valence-corrected chi connectivity index (χ2v) is 4.84.